The van der Waals surface area contributed by atoms with Crippen molar-refractivity contribution in [3.8, 4) is 5.69 Å². The summed E-state index contributed by atoms with van der Waals surface area (Å²) in [5.74, 6) is 1.04. The lowest BCUT2D eigenvalue weighted by atomic mass is 10.1. The second-order valence-electron chi connectivity index (χ2n) is 4.97. The fourth-order valence-electron chi connectivity index (χ4n) is 2.06. The molecule has 0 radical (unpaired) electrons. The quantitative estimate of drug-likeness (QED) is 0.865. The van der Waals surface area contributed by atoms with E-state index in [1.165, 1.54) is 24.0 Å². The lowest BCUT2D eigenvalue weighted by Crippen LogP contribution is -2.04. The molecule has 1 saturated carbocycles. The molecule has 0 atom stereocenters. The van der Waals surface area contributed by atoms with Crippen molar-refractivity contribution in [3.63, 3.8) is 0 Å². The van der Waals surface area contributed by atoms with Gasteiger partial charge in [0, 0.05) is 6.04 Å². The summed E-state index contributed by atoms with van der Waals surface area (Å²) in [7, 11) is 0. The molecule has 5 heteroatoms. The number of anilines is 2. The lowest BCUT2D eigenvalue weighted by Gasteiger charge is -2.05. The third kappa shape index (κ3) is 2.16. The van der Waals surface area contributed by atoms with E-state index in [2.05, 4.69) is 47.4 Å². The standard InChI is InChI=1S/C13H17N5/c1-8-5-9(2)7-11(6-8)18-12(14)16-13(17-18)15-10-3-4-10/h5-7,10H,3-4H2,1-2H3,(H3,14,15,16,17). The molecule has 1 fully saturated rings. The van der Waals surface area contributed by atoms with Crippen molar-refractivity contribution in [3.05, 3.63) is 29.3 Å². The summed E-state index contributed by atoms with van der Waals surface area (Å²) in [6, 6.07) is 6.76. The van der Waals surface area contributed by atoms with Gasteiger partial charge in [0.2, 0.25) is 11.9 Å². The third-order valence-corrected chi connectivity index (χ3v) is 2.99. The van der Waals surface area contributed by atoms with Gasteiger partial charge >= 0.3 is 0 Å². The van der Waals surface area contributed by atoms with Crippen LogP contribution >= 0.6 is 0 Å². The largest absolute Gasteiger partial charge is 0.368 e. The zero-order chi connectivity index (χ0) is 12.7. The number of nitrogen functional groups attached to an aromatic ring is 1. The van der Waals surface area contributed by atoms with Gasteiger partial charge in [-0.05, 0) is 49.9 Å². The van der Waals surface area contributed by atoms with Crippen molar-refractivity contribution in [2.24, 2.45) is 0 Å². The molecule has 1 aliphatic carbocycles. The Morgan fingerprint density at radius 1 is 1.22 bits per heavy atom. The fraction of sp³-hybridized carbons (Fsp3) is 0.385. The van der Waals surface area contributed by atoms with Crippen molar-refractivity contribution in [2.45, 2.75) is 32.7 Å². The van der Waals surface area contributed by atoms with E-state index in [1.807, 2.05) is 0 Å². The van der Waals surface area contributed by atoms with E-state index in [0.29, 0.717) is 17.9 Å². The minimum Gasteiger partial charge on any atom is -0.368 e. The summed E-state index contributed by atoms with van der Waals surface area (Å²) in [6.45, 7) is 4.12. The van der Waals surface area contributed by atoms with Gasteiger partial charge in [-0.2, -0.15) is 9.67 Å². The Balaban J connectivity index is 1.96. The molecule has 0 saturated heterocycles. The van der Waals surface area contributed by atoms with Gasteiger partial charge in [-0.1, -0.05) is 6.07 Å². The van der Waals surface area contributed by atoms with Crippen molar-refractivity contribution in [1.82, 2.24) is 14.8 Å². The maximum Gasteiger partial charge on any atom is 0.244 e. The molecule has 1 aromatic heterocycles. The number of benzene rings is 1. The van der Waals surface area contributed by atoms with Crippen molar-refractivity contribution >= 4 is 11.9 Å². The van der Waals surface area contributed by atoms with E-state index >= 15 is 0 Å². The van der Waals surface area contributed by atoms with Crippen LogP contribution < -0.4 is 11.1 Å². The highest BCUT2D eigenvalue weighted by Crippen LogP contribution is 2.24. The molecule has 3 N–H and O–H groups in total. The highest BCUT2D eigenvalue weighted by Gasteiger charge is 2.23. The molecule has 3 rings (SSSR count). The summed E-state index contributed by atoms with van der Waals surface area (Å²) in [5, 5.41) is 7.66. The van der Waals surface area contributed by atoms with E-state index in [4.69, 9.17) is 5.73 Å². The molecule has 5 nitrogen and oxygen atoms in total. The van der Waals surface area contributed by atoms with Crippen molar-refractivity contribution < 1.29 is 0 Å². The predicted molar refractivity (Wildman–Crippen MR) is 71.9 cm³/mol. The van der Waals surface area contributed by atoms with Crippen LogP contribution in [0.5, 0.6) is 0 Å². The first-order valence-corrected chi connectivity index (χ1v) is 6.19. The van der Waals surface area contributed by atoms with Crippen LogP contribution in [0.3, 0.4) is 0 Å². The van der Waals surface area contributed by atoms with Gasteiger partial charge in [0.1, 0.15) is 0 Å². The topological polar surface area (TPSA) is 68.8 Å². The number of nitrogens with two attached hydrogens (primary N) is 1. The van der Waals surface area contributed by atoms with Gasteiger partial charge in [-0.15, -0.1) is 5.10 Å². The molecule has 18 heavy (non-hydrogen) atoms. The second-order valence-corrected chi connectivity index (χ2v) is 4.97. The summed E-state index contributed by atoms with van der Waals surface area (Å²) in [5.41, 5.74) is 9.26. The van der Waals surface area contributed by atoms with E-state index in [-0.39, 0.29) is 0 Å². The molecule has 0 spiro atoms. The maximum absolute atomic E-state index is 5.92. The first kappa shape index (κ1) is 11.1. The zero-order valence-corrected chi connectivity index (χ0v) is 10.6. The number of aromatic nitrogens is 3. The van der Waals surface area contributed by atoms with Crippen LogP contribution in [-0.2, 0) is 0 Å². The molecule has 0 amide bonds. The van der Waals surface area contributed by atoms with Crippen LogP contribution in [0.4, 0.5) is 11.9 Å². The average Bonchev–Trinajstić information content (AvgIpc) is 3.00. The molecular formula is C13H17N5. The van der Waals surface area contributed by atoms with E-state index in [9.17, 15) is 0 Å². The molecular weight excluding hydrogens is 226 g/mol. The highest BCUT2D eigenvalue weighted by atomic mass is 15.4. The molecule has 0 aliphatic heterocycles. The van der Waals surface area contributed by atoms with Crippen LogP contribution in [0.1, 0.15) is 24.0 Å². The summed E-state index contributed by atoms with van der Waals surface area (Å²) in [4.78, 5) is 4.25. The minimum atomic E-state index is 0.420. The normalized spacial score (nSPS) is 14.8. The van der Waals surface area contributed by atoms with Crippen LogP contribution in [0.25, 0.3) is 5.69 Å². The van der Waals surface area contributed by atoms with Gasteiger partial charge in [0.15, 0.2) is 0 Å². The highest BCUT2D eigenvalue weighted by molar-refractivity contribution is 5.45. The lowest BCUT2D eigenvalue weighted by molar-refractivity contribution is 0.884. The van der Waals surface area contributed by atoms with Crippen LogP contribution in [0, 0.1) is 13.8 Å². The first-order chi connectivity index (χ1) is 8.61. The number of hydrogen-bond donors (Lipinski definition) is 2. The van der Waals surface area contributed by atoms with Gasteiger partial charge in [0.05, 0.1) is 5.69 Å². The molecule has 1 aromatic carbocycles. The molecule has 0 unspecified atom stereocenters. The fourth-order valence-corrected chi connectivity index (χ4v) is 2.06. The Hall–Kier alpha value is -2.04. The molecule has 94 valence electrons. The van der Waals surface area contributed by atoms with Gasteiger partial charge in [-0.25, -0.2) is 0 Å². The second kappa shape index (κ2) is 4.01. The Morgan fingerprint density at radius 2 is 1.89 bits per heavy atom. The Bertz CT molecular complexity index is 563. The third-order valence-electron chi connectivity index (χ3n) is 2.99. The number of hydrogen-bond acceptors (Lipinski definition) is 4. The van der Waals surface area contributed by atoms with Crippen LogP contribution in [-0.4, -0.2) is 20.8 Å². The molecule has 2 aromatic rings. The number of aryl methyl sites for hydroxylation is 2. The number of nitrogens with zero attached hydrogens (tertiary/aromatic N) is 3. The predicted octanol–water partition coefficient (Wildman–Crippen LogP) is 2.04. The van der Waals surface area contributed by atoms with Crippen LogP contribution in [0.2, 0.25) is 0 Å². The molecule has 0 bridgehead atoms. The summed E-state index contributed by atoms with van der Waals surface area (Å²) >= 11 is 0. The maximum atomic E-state index is 5.92. The van der Waals surface area contributed by atoms with E-state index < -0.39 is 0 Å². The average molecular weight is 243 g/mol. The van der Waals surface area contributed by atoms with Crippen molar-refractivity contribution in [2.75, 3.05) is 11.1 Å². The van der Waals surface area contributed by atoms with Gasteiger partial charge < -0.3 is 11.1 Å². The van der Waals surface area contributed by atoms with Crippen molar-refractivity contribution in [1.29, 1.82) is 0 Å². The Labute approximate surface area is 106 Å². The Morgan fingerprint density at radius 3 is 2.50 bits per heavy atom. The monoisotopic (exact) mass is 243 g/mol. The van der Waals surface area contributed by atoms with Gasteiger partial charge in [0.25, 0.3) is 0 Å². The SMILES string of the molecule is Cc1cc(C)cc(-n2nc(NC3CC3)nc2N)c1. The molecule has 1 aliphatic rings. The number of rotatable bonds is 3. The smallest absolute Gasteiger partial charge is 0.244 e. The van der Waals surface area contributed by atoms with Crippen LogP contribution in [0.15, 0.2) is 18.2 Å². The van der Waals surface area contributed by atoms with Gasteiger partial charge in [-0.3, -0.25) is 0 Å². The Kier molecular flexibility index (Phi) is 2.47. The molecule has 1 heterocycles. The van der Waals surface area contributed by atoms with E-state index in [0.717, 1.165) is 5.69 Å². The zero-order valence-electron chi connectivity index (χ0n) is 10.6. The summed E-state index contributed by atoms with van der Waals surface area (Å²) in [6.07, 6.45) is 2.38. The van der Waals surface area contributed by atoms with E-state index in [1.54, 1.807) is 4.68 Å². The number of nitrogens with one attached hydrogen (secondary N) is 1. The summed E-state index contributed by atoms with van der Waals surface area (Å²) < 4.78 is 1.69. The minimum absolute atomic E-state index is 0.420. The first-order valence-electron chi connectivity index (χ1n) is 6.19.